The fraction of sp³-hybridized carbons (Fsp3) is 0.600. The first-order valence-corrected chi connectivity index (χ1v) is 6.01. The van der Waals surface area contributed by atoms with E-state index in [2.05, 4.69) is 42.8 Å². The van der Waals surface area contributed by atoms with Crippen molar-refractivity contribution in [1.29, 1.82) is 0 Å². The Morgan fingerprint density at radius 1 is 1.50 bits per heavy atom. The van der Waals surface area contributed by atoms with Gasteiger partial charge in [0, 0.05) is 14.2 Å². The summed E-state index contributed by atoms with van der Waals surface area (Å²) in [6.07, 6.45) is 2.35. The van der Waals surface area contributed by atoms with Gasteiger partial charge < -0.3 is 0 Å². The van der Waals surface area contributed by atoms with Crippen molar-refractivity contribution in [2.24, 2.45) is 5.92 Å². The topological polar surface area (TPSA) is 0 Å². The second kappa shape index (κ2) is 4.43. The normalized spacial score (nSPS) is 11.1. The first kappa shape index (κ1) is 10.3. The Hall–Kier alpha value is 0.180. The molecule has 0 saturated carbocycles. The zero-order chi connectivity index (χ0) is 9.14. The zero-order valence-electron chi connectivity index (χ0n) is 7.86. The Kier molecular flexibility index (Phi) is 3.78. The van der Waals surface area contributed by atoms with Gasteiger partial charge in [0.2, 0.25) is 0 Å². The van der Waals surface area contributed by atoms with Crippen LogP contribution < -0.4 is 0 Å². The van der Waals surface area contributed by atoms with E-state index in [4.69, 9.17) is 0 Å². The van der Waals surface area contributed by atoms with Gasteiger partial charge in [0.25, 0.3) is 0 Å². The molecule has 0 aliphatic carbocycles. The number of rotatable bonds is 3. The van der Waals surface area contributed by atoms with E-state index in [1.165, 1.54) is 20.6 Å². The smallest absolute Gasteiger partial charge is 0.0317 e. The van der Waals surface area contributed by atoms with Crippen LogP contribution in [0.3, 0.4) is 0 Å². The molecule has 1 aromatic rings. The van der Waals surface area contributed by atoms with Gasteiger partial charge in [-0.05, 0) is 40.8 Å². The summed E-state index contributed by atoms with van der Waals surface area (Å²) in [5.41, 5.74) is 0. The molecular weight excluding hydrogens is 232 g/mol. The summed E-state index contributed by atoms with van der Waals surface area (Å²) in [7, 11) is 0. The van der Waals surface area contributed by atoms with Gasteiger partial charge in [-0.2, -0.15) is 0 Å². The zero-order valence-corrected chi connectivity index (χ0v) is 10.3. The predicted octanol–water partition coefficient (Wildman–Crippen LogP) is 4.27. The maximum atomic E-state index is 3.58. The molecule has 0 N–H and O–H groups in total. The highest BCUT2D eigenvalue weighted by Gasteiger charge is 2.05. The predicted molar refractivity (Wildman–Crippen MR) is 59.9 cm³/mol. The highest BCUT2D eigenvalue weighted by molar-refractivity contribution is 9.10. The van der Waals surface area contributed by atoms with Crippen LogP contribution in [0.2, 0.25) is 0 Å². The van der Waals surface area contributed by atoms with Crippen LogP contribution in [0.15, 0.2) is 10.5 Å². The molecule has 0 bridgehead atoms. The number of thiophene rings is 1. The van der Waals surface area contributed by atoms with Gasteiger partial charge in [-0.1, -0.05) is 20.8 Å². The first-order chi connectivity index (χ1) is 5.63. The van der Waals surface area contributed by atoms with Crippen molar-refractivity contribution in [2.45, 2.75) is 33.6 Å². The van der Waals surface area contributed by atoms with Gasteiger partial charge in [0.1, 0.15) is 0 Å². The molecule has 0 spiro atoms. The van der Waals surface area contributed by atoms with E-state index in [9.17, 15) is 0 Å². The van der Waals surface area contributed by atoms with Crippen molar-refractivity contribution in [3.63, 3.8) is 0 Å². The summed E-state index contributed by atoms with van der Waals surface area (Å²) in [6.45, 7) is 6.73. The van der Waals surface area contributed by atoms with Crippen molar-refractivity contribution in [2.75, 3.05) is 0 Å². The highest BCUT2D eigenvalue weighted by atomic mass is 79.9. The summed E-state index contributed by atoms with van der Waals surface area (Å²) in [6, 6.07) is 2.27. The molecule has 2 heteroatoms. The van der Waals surface area contributed by atoms with Crippen LogP contribution in [0, 0.1) is 5.92 Å². The van der Waals surface area contributed by atoms with Crippen LogP contribution in [0.4, 0.5) is 0 Å². The lowest BCUT2D eigenvalue weighted by atomic mass is 10.1. The van der Waals surface area contributed by atoms with Crippen LogP contribution >= 0.6 is 27.3 Å². The van der Waals surface area contributed by atoms with Gasteiger partial charge in [0.05, 0.1) is 0 Å². The average molecular weight is 247 g/mol. The van der Waals surface area contributed by atoms with Gasteiger partial charge in [-0.3, -0.25) is 0 Å². The SMILES string of the molecule is CCc1sc(CC(C)C)cc1Br. The van der Waals surface area contributed by atoms with Crippen molar-refractivity contribution in [1.82, 2.24) is 0 Å². The average Bonchev–Trinajstić information content (AvgIpc) is 2.29. The van der Waals surface area contributed by atoms with E-state index in [0.717, 1.165) is 12.3 Å². The second-order valence-corrected chi connectivity index (χ2v) is 5.51. The van der Waals surface area contributed by atoms with Crippen molar-refractivity contribution in [3.8, 4) is 0 Å². The molecule has 1 heterocycles. The second-order valence-electron chi connectivity index (χ2n) is 3.44. The van der Waals surface area contributed by atoms with E-state index >= 15 is 0 Å². The van der Waals surface area contributed by atoms with E-state index in [1.807, 2.05) is 11.3 Å². The lowest BCUT2D eigenvalue weighted by molar-refractivity contribution is 0.654. The maximum Gasteiger partial charge on any atom is 0.0317 e. The van der Waals surface area contributed by atoms with Crippen molar-refractivity contribution < 1.29 is 0 Å². The van der Waals surface area contributed by atoms with Crippen LogP contribution in [-0.2, 0) is 12.8 Å². The lowest BCUT2D eigenvalue weighted by Crippen LogP contribution is -1.89. The molecule has 12 heavy (non-hydrogen) atoms. The van der Waals surface area contributed by atoms with E-state index in [-0.39, 0.29) is 0 Å². The van der Waals surface area contributed by atoms with Crippen LogP contribution in [0.25, 0.3) is 0 Å². The Labute approximate surface area is 87.1 Å². The minimum absolute atomic E-state index is 0.764. The van der Waals surface area contributed by atoms with Crippen LogP contribution in [-0.4, -0.2) is 0 Å². The Morgan fingerprint density at radius 3 is 2.58 bits per heavy atom. The third-order valence-corrected chi connectivity index (χ3v) is 4.01. The summed E-state index contributed by atoms with van der Waals surface area (Å²) < 4.78 is 1.30. The maximum absolute atomic E-state index is 3.58. The molecule has 0 saturated heterocycles. The van der Waals surface area contributed by atoms with Crippen molar-refractivity contribution >= 4 is 27.3 Å². The minimum atomic E-state index is 0.764. The number of aryl methyl sites for hydroxylation is 1. The quantitative estimate of drug-likeness (QED) is 0.748. The summed E-state index contributed by atoms with van der Waals surface area (Å²) in [5, 5.41) is 0. The molecule has 1 rings (SSSR count). The standard InChI is InChI=1S/C10H15BrS/c1-4-10-9(11)6-8(12-10)5-7(2)3/h6-7H,4-5H2,1-3H3. The fourth-order valence-corrected chi connectivity index (χ4v) is 3.36. The Bertz CT molecular complexity index is 250. The summed E-state index contributed by atoms with van der Waals surface area (Å²) in [5.74, 6) is 0.764. The Balaban J connectivity index is 2.75. The lowest BCUT2D eigenvalue weighted by Gasteiger charge is -1.99. The third kappa shape index (κ3) is 2.60. The van der Waals surface area contributed by atoms with Gasteiger partial charge in [-0.25, -0.2) is 0 Å². The molecule has 0 amide bonds. The molecule has 0 nitrogen and oxygen atoms in total. The summed E-state index contributed by atoms with van der Waals surface area (Å²) in [4.78, 5) is 2.99. The third-order valence-electron chi connectivity index (χ3n) is 1.74. The number of hydrogen-bond donors (Lipinski definition) is 0. The fourth-order valence-electron chi connectivity index (χ4n) is 1.20. The number of hydrogen-bond acceptors (Lipinski definition) is 1. The van der Waals surface area contributed by atoms with Gasteiger partial charge >= 0.3 is 0 Å². The van der Waals surface area contributed by atoms with Crippen LogP contribution in [0.1, 0.15) is 30.5 Å². The van der Waals surface area contributed by atoms with Crippen molar-refractivity contribution in [3.05, 3.63) is 20.3 Å². The molecule has 68 valence electrons. The largest absolute Gasteiger partial charge is 0.144 e. The molecule has 0 radical (unpaired) electrons. The molecule has 0 aromatic carbocycles. The monoisotopic (exact) mass is 246 g/mol. The van der Waals surface area contributed by atoms with E-state index in [1.54, 1.807) is 0 Å². The molecule has 0 atom stereocenters. The van der Waals surface area contributed by atoms with Gasteiger partial charge in [-0.15, -0.1) is 11.3 Å². The molecular formula is C10H15BrS. The molecule has 0 unspecified atom stereocenters. The molecule has 0 aliphatic rings. The minimum Gasteiger partial charge on any atom is -0.144 e. The first-order valence-electron chi connectivity index (χ1n) is 4.40. The summed E-state index contributed by atoms with van der Waals surface area (Å²) >= 11 is 5.52. The van der Waals surface area contributed by atoms with Gasteiger partial charge in [0.15, 0.2) is 0 Å². The van der Waals surface area contributed by atoms with E-state index < -0.39 is 0 Å². The molecule has 0 aliphatic heterocycles. The number of halogens is 1. The van der Waals surface area contributed by atoms with E-state index in [0.29, 0.717) is 0 Å². The highest BCUT2D eigenvalue weighted by Crippen LogP contribution is 2.29. The van der Waals surface area contributed by atoms with Crippen LogP contribution in [0.5, 0.6) is 0 Å². The molecule has 0 fully saturated rings. The molecule has 1 aromatic heterocycles. The Morgan fingerprint density at radius 2 is 2.17 bits per heavy atom.